The number of hydrogen-bond acceptors (Lipinski definition) is 10. The van der Waals surface area contributed by atoms with Crippen LogP contribution in [-0.2, 0) is 25.1 Å². The van der Waals surface area contributed by atoms with Crippen molar-refractivity contribution in [3.05, 3.63) is 82.9 Å². The van der Waals surface area contributed by atoms with Crippen molar-refractivity contribution in [3.63, 3.8) is 0 Å². The van der Waals surface area contributed by atoms with E-state index < -0.39 is 38.6 Å². The minimum Gasteiger partial charge on any atom is -0.493 e. The molecule has 260 valence electrons. The third-order valence-electron chi connectivity index (χ3n) is 8.58. The van der Waals surface area contributed by atoms with Gasteiger partial charge in [-0.3, -0.25) is 14.5 Å². The molecule has 0 aliphatic carbocycles. The highest BCUT2D eigenvalue weighted by Crippen LogP contribution is 2.55. The average molecular weight is 692 g/mol. The first-order valence-electron chi connectivity index (χ1n) is 16.1. The van der Waals surface area contributed by atoms with Gasteiger partial charge in [-0.15, -0.1) is 0 Å². The van der Waals surface area contributed by atoms with Crippen molar-refractivity contribution in [1.82, 2.24) is 4.90 Å². The van der Waals surface area contributed by atoms with Crippen LogP contribution in [0.4, 0.5) is 0 Å². The number of para-hydroxylation sites is 1. The number of fused-ring (bicyclic) bond motifs is 1. The van der Waals surface area contributed by atoms with Gasteiger partial charge < -0.3 is 28.4 Å². The van der Waals surface area contributed by atoms with Crippen LogP contribution < -0.4 is 18.9 Å². The Bertz CT molecular complexity index is 1800. The maximum atomic E-state index is 13.9. The van der Waals surface area contributed by atoms with Crippen LogP contribution in [0.1, 0.15) is 64.4 Å². The Labute approximate surface area is 287 Å². The van der Waals surface area contributed by atoms with Gasteiger partial charge in [0.15, 0.2) is 21.3 Å². The van der Waals surface area contributed by atoms with E-state index in [0.717, 1.165) is 11.3 Å². The van der Waals surface area contributed by atoms with E-state index in [1.807, 2.05) is 32.0 Å². The fourth-order valence-electron chi connectivity index (χ4n) is 6.34. The van der Waals surface area contributed by atoms with Crippen molar-refractivity contribution < 1.29 is 46.4 Å². The lowest BCUT2D eigenvalue weighted by atomic mass is 9.84. The molecule has 3 aromatic carbocycles. The van der Waals surface area contributed by atoms with E-state index in [1.165, 1.54) is 21.3 Å². The average Bonchev–Trinajstić information content (AvgIpc) is 3.62. The van der Waals surface area contributed by atoms with Crippen molar-refractivity contribution in [2.75, 3.05) is 53.4 Å². The zero-order valence-corrected chi connectivity index (χ0v) is 29.1. The second kappa shape index (κ2) is 15.3. The summed E-state index contributed by atoms with van der Waals surface area (Å²) >= 11 is 0. The number of rotatable bonds is 14. The minimum absolute atomic E-state index is 0.0546. The molecule has 11 nitrogen and oxygen atoms in total. The number of amides is 2. The number of methoxy groups -OCH3 is 3. The molecule has 2 amide bonds. The summed E-state index contributed by atoms with van der Waals surface area (Å²) in [6, 6.07) is 17.2. The number of hydrogen-bond donors (Lipinski definition) is 0. The largest absolute Gasteiger partial charge is 0.493 e. The number of carbonyl (C=O) groups is 2. The Morgan fingerprint density at radius 1 is 0.857 bits per heavy atom. The number of carbonyl (C=O) groups excluding carboxylic acids is 2. The zero-order chi connectivity index (χ0) is 35.2. The minimum atomic E-state index is -3.72. The number of sulfone groups is 1. The maximum absolute atomic E-state index is 13.9. The third-order valence-corrected chi connectivity index (χ3v) is 10.9. The predicted octanol–water partition coefficient (Wildman–Crippen LogP) is 4.98. The Hall–Kier alpha value is -4.57. The molecule has 0 bridgehead atoms. The van der Waals surface area contributed by atoms with E-state index in [9.17, 15) is 18.0 Å². The van der Waals surface area contributed by atoms with E-state index >= 15 is 0 Å². The van der Waals surface area contributed by atoms with Gasteiger partial charge in [0.2, 0.25) is 11.5 Å². The molecule has 0 saturated carbocycles. The summed E-state index contributed by atoms with van der Waals surface area (Å²) < 4.78 is 64.1. The van der Waals surface area contributed by atoms with Crippen LogP contribution >= 0.6 is 0 Å². The lowest BCUT2D eigenvalue weighted by Gasteiger charge is -2.37. The molecule has 0 radical (unpaired) electrons. The summed E-state index contributed by atoms with van der Waals surface area (Å²) in [5.41, 5.74) is 1.66. The van der Waals surface area contributed by atoms with Crippen molar-refractivity contribution in [3.8, 4) is 34.8 Å². The molecular formula is C37H41NO10S. The summed E-state index contributed by atoms with van der Waals surface area (Å²) in [5, 5.41) is -1.01. The molecule has 2 aliphatic rings. The summed E-state index contributed by atoms with van der Waals surface area (Å²) in [4.78, 5) is 26.8. The molecule has 1 fully saturated rings. The molecular weight excluding hydrogens is 650 g/mol. The predicted molar refractivity (Wildman–Crippen MR) is 182 cm³/mol. The van der Waals surface area contributed by atoms with Crippen molar-refractivity contribution in [2.24, 2.45) is 0 Å². The summed E-state index contributed by atoms with van der Waals surface area (Å²) in [6.07, 6.45) is 1.16. The van der Waals surface area contributed by atoms with E-state index in [0.29, 0.717) is 58.3 Å². The lowest BCUT2D eigenvalue weighted by molar-refractivity contribution is -0.220. The topological polar surface area (TPSA) is 127 Å². The Morgan fingerprint density at radius 3 is 2.08 bits per heavy atom. The molecule has 0 aromatic heterocycles. The quantitative estimate of drug-likeness (QED) is 0.169. The fourth-order valence-corrected chi connectivity index (χ4v) is 8.23. The van der Waals surface area contributed by atoms with Gasteiger partial charge in [0.05, 0.1) is 69.1 Å². The first kappa shape index (κ1) is 35.7. The smallest absolute Gasteiger partial charge is 0.262 e. The number of benzene rings is 3. The van der Waals surface area contributed by atoms with Crippen LogP contribution in [0.15, 0.2) is 60.7 Å². The van der Waals surface area contributed by atoms with E-state index in [1.54, 1.807) is 42.5 Å². The molecule has 2 aliphatic heterocycles. The van der Waals surface area contributed by atoms with Crippen molar-refractivity contribution in [2.45, 2.75) is 43.6 Å². The third kappa shape index (κ3) is 6.84. The van der Waals surface area contributed by atoms with E-state index in [-0.39, 0.29) is 25.5 Å². The van der Waals surface area contributed by atoms with Gasteiger partial charge in [0.25, 0.3) is 11.8 Å². The molecule has 5 rings (SSSR count). The molecule has 2 heterocycles. The van der Waals surface area contributed by atoms with Crippen LogP contribution in [0.25, 0.3) is 0 Å². The van der Waals surface area contributed by atoms with Gasteiger partial charge in [-0.1, -0.05) is 56.0 Å². The van der Waals surface area contributed by atoms with Crippen LogP contribution in [0.3, 0.4) is 0 Å². The van der Waals surface area contributed by atoms with Crippen molar-refractivity contribution >= 4 is 21.7 Å². The highest BCUT2D eigenvalue weighted by Gasteiger charge is 2.58. The maximum Gasteiger partial charge on any atom is 0.262 e. The number of nitrogens with zero attached hydrogens (tertiary/aromatic N) is 1. The summed E-state index contributed by atoms with van der Waals surface area (Å²) in [6.45, 7) is 3.65. The van der Waals surface area contributed by atoms with Crippen LogP contribution in [0.5, 0.6) is 23.0 Å². The SMILES string of the molecule is CCCOc1ccccc1C1C(S(=O)(=O)CCC)COC1(OCC#CCN1C(=O)c2ccccc2C1=O)c1cc(OC)c(OC)c(OC)c1. The fraction of sp³-hybridized carbons (Fsp3) is 0.405. The van der Waals surface area contributed by atoms with Gasteiger partial charge in [-0.25, -0.2) is 8.42 Å². The molecule has 12 heteroatoms. The second-order valence-electron chi connectivity index (χ2n) is 11.5. The monoisotopic (exact) mass is 691 g/mol. The lowest BCUT2D eigenvalue weighted by Crippen LogP contribution is -2.40. The highest BCUT2D eigenvalue weighted by molar-refractivity contribution is 7.92. The van der Waals surface area contributed by atoms with E-state index in [2.05, 4.69) is 11.8 Å². The van der Waals surface area contributed by atoms with E-state index in [4.69, 9.17) is 28.4 Å². The van der Waals surface area contributed by atoms with Crippen LogP contribution in [0, 0.1) is 11.8 Å². The van der Waals surface area contributed by atoms with Gasteiger partial charge in [-0.2, -0.15) is 0 Å². The summed E-state index contributed by atoms with van der Waals surface area (Å²) in [5.74, 6) is 3.72. The molecule has 3 aromatic rings. The normalized spacial score (nSPS) is 20.1. The Kier molecular flexibility index (Phi) is 11.2. The van der Waals surface area contributed by atoms with Crippen LogP contribution in [-0.4, -0.2) is 83.8 Å². The first-order valence-corrected chi connectivity index (χ1v) is 17.8. The zero-order valence-electron chi connectivity index (χ0n) is 28.3. The highest BCUT2D eigenvalue weighted by atomic mass is 32.2. The Morgan fingerprint density at radius 2 is 1.49 bits per heavy atom. The van der Waals surface area contributed by atoms with Gasteiger partial charge in [-0.05, 0) is 43.2 Å². The molecule has 49 heavy (non-hydrogen) atoms. The van der Waals surface area contributed by atoms with Gasteiger partial charge in [0.1, 0.15) is 12.4 Å². The standard InChI is InChI=1S/C37H41NO10S/c1-6-19-46-29-17-11-10-16-28(29)33-32(49(41,42)21-7-2)24-48-37(33,25-22-30(43-3)34(45-5)31(23-25)44-4)47-20-13-12-18-38-35(39)26-14-8-9-15-27(26)36(38)40/h8-11,14-17,22-23,32-33H,6-7,18-21,24H2,1-5H3. The van der Waals surface area contributed by atoms with Gasteiger partial charge >= 0.3 is 0 Å². The van der Waals surface area contributed by atoms with Crippen LogP contribution in [0.2, 0.25) is 0 Å². The summed E-state index contributed by atoms with van der Waals surface area (Å²) in [7, 11) is 0.730. The molecule has 1 saturated heterocycles. The first-order chi connectivity index (χ1) is 23.7. The number of ether oxygens (including phenoxy) is 6. The van der Waals surface area contributed by atoms with Crippen molar-refractivity contribution in [1.29, 1.82) is 0 Å². The van der Waals surface area contributed by atoms with Gasteiger partial charge in [0, 0.05) is 11.1 Å². The molecule has 3 atom stereocenters. The molecule has 0 N–H and O–H groups in total. The number of imide groups is 1. The second-order valence-corrected chi connectivity index (χ2v) is 13.9. The Balaban J connectivity index is 1.60. The molecule has 3 unspecified atom stereocenters. The molecule has 0 spiro atoms.